The first-order chi connectivity index (χ1) is 7.15. The second kappa shape index (κ2) is 3.61. The van der Waals surface area contributed by atoms with Gasteiger partial charge in [0.25, 0.3) is 0 Å². The Bertz CT molecular complexity index is 358. The van der Waals surface area contributed by atoms with E-state index in [2.05, 4.69) is 6.58 Å². The van der Waals surface area contributed by atoms with Crippen molar-refractivity contribution in [2.75, 3.05) is 0 Å². The van der Waals surface area contributed by atoms with Gasteiger partial charge in [0.1, 0.15) is 6.29 Å². The van der Waals surface area contributed by atoms with Crippen LogP contribution in [-0.2, 0) is 9.59 Å². The van der Waals surface area contributed by atoms with Crippen LogP contribution in [0.2, 0.25) is 0 Å². The lowest BCUT2D eigenvalue weighted by Crippen LogP contribution is -2.14. The van der Waals surface area contributed by atoms with Gasteiger partial charge < -0.3 is 4.79 Å². The summed E-state index contributed by atoms with van der Waals surface area (Å²) < 4.78 is 0. The van der Waals surface area contributed by atoms with Gasteiger partial charge in [-0.25, -0.2) is 0 Å². The van der Waals surface area contributed by atoms with Crippen molar-refractivity contribution in [2.45, 2.75) is 19.3 Å². The minimum atomic E-state index is -0.0430. The summed E-state index contributed by atoms with van der Waals surface area (Å²) in [5, 5.41) is 0. The van der Waals surface area contributed by atoms with E-state index in [1.165, 1.54) is 0 Å². The van der Waals surface area contributed by atoms with E-state index >= 15 is 0 Å². The predicted octanol–water partition coefficient (Wildman–Crippen LogP) is 2.22. The van der Waals surface area contributed by atoms with Crippen LogP contribution in [0.3, 0.4) is 0 Å². The summed E-state index contributed by atoms with van der Waals surface area (Å²) in [6.07, 6.45) is 10.5. The van der Waals surface area contributed by atoms with Crippen LogP contribution in [0.15, 0.2) is 36.5 Å². The molecule has 1 atom stereocenters. The molecule has 0 radical (unpaired) electrons. The van der Waals surface area contributed by atoms with Crippen molar-refractivity contribution in [1.82, 2.24) is 0 Å². The first kappa shape index (κ1) is 10.1. The Morgan fingerprint density at radius 2 is 2.13 bits per heavy atom. The lowest BCUT2D eigenvalue weighted by atomic mass is 9.81. The zero-order valence-corrected chi connectivity index (χ0v) is 8.61. The van der Waals surface area contributed by atoms with Gasteiger partial charge in [-0.2, -0.15) is 0 Å². The molecule has 2 aliphatic carbocycles. The largest absolute Gasteiger partial charge is 0.303 e. The molecule has 2 rings (SSSR count). The van der Waals surface area contributed by atoms with Crippen molar-refractivity contribution in [1.29, 1.82) is 0 Å². The van der Waals surface area contributed by atoms with Crippen LogP contribution in [0, 0.1) is 11.3 Å². The second-order valence-electron chi connectivity index (χ2n) is 4.44. The van der Waals surface area contributed by atoms with Crippen molar-refractivity contribution in [2.24, 2.45) is 11.3 Å². The van der Waals surface area contributed by atoms with Crippen molar-refractivity contribution in [3.63, 3.8) is 0 Å². The molecule has 0 bridgehead atoms. The van der Waals surface area contributed by atoms with Gasteiger partial charge in [0.15, 0.2) is 5.78 Å². The molecule has 0 aliphatic heterocycles. The van der Waals surface area contributed by atoms with Gasteiger partial charge >= 0.3 is 0 Å². The number of carbonyl (C=O) groups excluding carboxylic acids is 2. The highest BCUT2D eigenvalue weighted by molar-refractivity contribution is 6.00. The first-order valence-electron chi connectivity index (χ1n) is 5.19. The van der Waals surface area contributed by atoms with Crippen LogP contribution in [0.4, 0.5) is 0 Å². The van der Waals surface area contributed by atoms with E-state index < -0.39 is 0 Å². The molecule has 2 heteroatoms. The molecule has 15 heavy (non-hydrogen) atoms. The summed E-state index contributed by atoms with van der Waals surface area (Å²) in [5.41, 5.74) is 1.09. The van der Waals surface area contributed by atoms with Gasteiger partial charge in [-0.1, -0.05) is 24.3 Å². The molecule has 0 amide bonds. The Morgan fingerprint density at radius 1 is 1.47 bits per heavy atom. The minimum Gasteiger partial charge on any atom is -0.303 e. The molecular formula is C13H14O2. The smallest absolute Gasteiger partial charge is 0.178 e. The van der Waals surface area contributed by atoms with E-state index in [0.29, 0.717) is 6.42 Å². The topological polar surface area (TPSA) is 34.1 Å². The molecule has 2 aliphatic rings. The Morgan fingerprint density at radius 3 is 2.73 bits per heavy atom. The number of ketones is 1. The Balaban J connectivity index is 2.17. The lowest BCUT2D eigenvalue weighted by Gasteiger charge is -2.22. The van der Waals surface area contributed by atoms with Crippen LogP contribution in [0.5, 0.6) is 0 Å². The average Bonchev–Trinajstić information content (AvgIpc) is 2.50. The molecule has 1 spiro atoms. The third-order valence-electron chi connectivity index (χ3n) is 3.30. The van der Waals surface area contributed by atoms with Gasteiger partial charge in [-0.15, -0.1) is 0 Å². The van der Waals surface area contributed by atoms with Crippen LogP contribution in [0.1, 0.15) is 19.3 Å². The standard InChI is InChI=1S/C13H14O2/c1-10-8-13(9-11(10)4-7-14)5-2-12(15)3-6-13/h2-3,5-7,11H,1,4,8-9H2/t11-/m0/s1. The Kier molecular flexibility index (Phi) is 2.43. The van der Waals surface area contributed by atoms with Crippen molar-refractivity contribution >= 4 is 12.1 Å². The molecule has 78 valence electrons. The van der Waals surface area contributed by atoms with E-state index in [1.807, 2.05) is 12.2 Å². The minimum absolute atomic E-state index is 0.0430. The van der Waals surface area contributed by atoms with Crippen LogP contribution in [0.25, 0.3) is 0 Å². The molecule has 1 fully saturated rings. The van der Waals surface area contributed by atoms with Crippen LogP contribution >= 0.6 is 0 Å². The van der Waals surface area contributed by atoms with E-state index in [4.69, 9.17) is 0 Å². The molecule has 0 unspecified atom stereocenters. The molecule has 0 aromatic heterocycles. The Hall–Kier alpha value is -1.44. The third-order valence-corrected chi connectivity index (χ3v) is 3.30. The van der Waals surface area contributed by atoms with E-state index in [0.717, 1.165) is 24.7 Å². The summed E-state index contributed by atoms with van der Waals surface area (Å²) in [7, 11) is 0. The molecule has 1 saturated carbocycles. The van der Waals surface area contributed by atoms with Gasteiger partial charge in [-0.3, -0.25) is 4.79 Å². The number of carbonyl (C=O) groups is 2. The molecule has 0 aromatic carbocycles. The number of aldehydes is 1. The maximum atomic E-state index is 11.0. The lowest BCUT2D eigenvalue weighted by molar-refractivity contribution is -0.111. The molecule has 0 saturated heterocycles. The highest BCUT2D eigenvalue weighted by Gasteiger charge is 2.38. The average molecular weight is 202 g/mol. The summed E-state index contributed by atoms with van der Waals surface area (Å²) in [4.78, 5) is 21.5. The van der Waals surface area contributed by atoms with Gasteiger partial charge in [0, 0.05) is 11.8 Å². The third kappa shape index (κ3) is 1.84. The zero-order chi connectivity index (χ0) is 10.9. The number of hydrogen-bond acceptors (Lipinski definition) is 2. The zero-order valence-electron chi connectivity index (χ0n) is 8.61. The molecular weight excluding hydrogens is 188 g/mol. The molecule has 0 N–H and O–H groups in total. The quantitative estimate of drug-likeness (QED) is 0.508. The van der Waals surface area contributed by atoms with E-state index in [1.54, 1.807) is 12.2 Å². The maximum Gasteiger partial charge on any atom is 0.178 e. The fraction of sp³-hybridized carbons (Fsp3) is 0.385. The van der Waals surface area contributed by atoms with Gasteiger partial charge in [-0.05, 0) is 30.9 Å². The Labute approximate surface area is 89.4 Å². The summed E-state index contributed by atoms with van der Waals surface area (Å²) >= 11 is 0. The number of allylic oxidation sites excluding steroid dienone is 5. The SMILES string of the molecule is C=C1CC2(C=CC(=O)C=C2)C[C@@H]1CC=O. The summed E-state index contributed by atoms with van der Waals surface area (Å²) in [6.45, 7) is 4.01. The highest BCUT2D eigenvalue weighted by atomic mass is 16.1. The monoisotopic (exact) mass is 202 g/mol. The van der Waals surface area contributed by atoms with Crippen LogP contribution in [-0.4, -0.2) is 12.1 Å². The van der Waals surface area contributed by atoms with E-state index in [-0.39, 0.29) is 17.1 Å². The van der Waals surface area contributed by atoms with Gasteiger partial charge in [0.05, 0.1) is 0 Å². The normalized spacial score (nSPS) is 27.6. The predicted molar refractivity (Wildman–Crippen MR) is 58.3 cm³/mol. The number of rotatable bonds is 2. The van der Waals surface area contributed by atoms with Crippen molar-refractivity contribution in [3.05, 3.63) is 36.5 Å². The molecule has 0 heterocycles. The molecule has 0 aromatic rings. The molecule has 2 nitrogen and oxygen atoms in total. The highest BCUT2D eigenvalue weighted by Crippen LogP contribution is 2.48. The van der Waals surface area contributed by atoms with E-state index in [9.17, 15) is 9.59 Å². The summed E-state index contributed by atoms with van der Waals surface area (Å²) in [5.74, 6) is 0.329. The first-order valence-corrected chi connectivity index (χ1v) is 5.19. The van der Waals surface area contributed by atoms with Crippen molar-refractivity contribution < 1.29 is 9.59 Å². The fourth-order valence-corrected chi connectivity index (χ4v) is 2.47. The van der Waals surface area contributed by atoms with Crippen molar-refractivity contribution in [3.8, 4) is 0 Å². The van der Waals surface area contributed by atoms with Gasteiger partial charge in [0.2, 0.25) is 0 Å². The maximum absolute atomic E-state index is 11.0. The fourth-order valence-electron chi connectivity index (χ4n) is 2.47. The second-order valence-corrected chi connectivity index (χ2v) is 4.44. The summed E-state index contributed by atoms with van der Waals surface area (Å²) in [6, 6.07) is 0. The number of hydrogen-bond donors (Lipinski definition) is 0. The van der Waals surface area contributed by atoms with Crippen LogP contribution < -0.4 is 0 Å².